The summed E-state index contributed by atoms with van der Waals surface area (Å²) in [6, 6.07) is 9.96. The molecule has 16 heteroatoms. The number of halogens is 1. The number of aryl methyl sites for hydroxylation is 1. The number of fused-ring (bicyclic) bond motifs is 1. The van der Waals surface area contributed by atoms with Crippen molar-refractivity contribution in [3.05, 3.63) is 48.0 Å². The number of anilines is 2. The van der Waals surface area contributed by atoms with Crippen molar-refractivity contribution in [2.45, 2.75) is 111 Å². The number of thioether (sulfide) groups is 2. The van der Waals surface area contributed by atoms with E-state index < -0.39 is 58.6 Å². The lowest BCUT2D eigenvalue weighted by molar-refractivity contribution is -0.237. The Morgan fingerprint density at radius 2 is 1.53 bits per heavy atom. The Balaban J connectivity index is 1.48. The van der Waals surface area contributed by atoms with Crippen molar-refractivity contribution in [3.8, 4) is 11.5 Å². The first-order valence-corrected chi connectivity index (χ1v) is 18.2. The van der Waals surface area contributed by atoms with Gasteiger partial charge in [-0.05, 0) is 56.2 Å². The van der Waals surface area contributed by atoms with E-state index >= 15 is 0 Å². The summed E-state index contributed by atoms with van der Waals surface area (Å²) in [5, 5.41) is 0.194. The fourth-order valence-corrected chi connectivity index (χ4v) is 9.30. The minimum absolute atomic E-state index is 0.194. The van der Waals surface area contributed by atoms with Gasteiger partial charge in [-0.15, -0.1) is 0 Å². The highest BCUT2D eigenvalue weighted by Crippen LogP contribution is 2.60. The molecule has 272 valence electrons. The SMILES string of the molecule is CC(=O)OC[C@H]1OC(Sc2nc(-c3ccc(C)o3)c3c(n2)N(c2ccc(F)cc2)C2(CCCCC2)S3)[C@H](OC(C)=O)[C@@H](OC(C)=O)[C@@H]1OC(C)=O. The van der Waals surface area contributed by atoms with Crippen LogP contribution in [0.5, 0.6) is 0 Å². The number of ether oxygens (including phenoxy) is 5. The van der Waals surface area contributed by atoms with E-state index in [1.54, 1.807) is 23.9 Å². The smallest absolute Gasteiger partial charge is 0.303 e. The van der Waals surface area contributed by atoms with Crippen molar-refractivity contribution in [1.82, 2.24) is 9.97 Å². The molecule has 2 fully saturated rings. The average molecular weight is 744 g/mol. The van der Waals surface area contributed by atoms with Crippen molar-refractivity contribution in [3.63, 3.8) is 0 Å². The highest BCUT2D eigenvalue weighted by Gasteiger charge is 2.54. The fourth-order valence-electron chi connectivity index (χ4n) is 6.64. The van der Waals surface area contributed by atoms with E-state index in [0.717, 1.165) is 61.4 Å². The van der Waals surface area contributed by atoms with Gasteiger partial charge in [-0.3, -0.25) is 19.2 Å². The van der Waals surface area contributed by atoms with E-state index in [1.165, 1.54) is 32.9 Å². The van der Waals surface area contributed by atoms with E-state index in [-0.39, 0.29) is 17.6 Å². The molecule has 5 atom stereocenters. The number of carbonyl (C=O) groups is 4. The zero-order chi connectivity index (χ0) is 36.4. The molecule has 1 saturated heterocycles. The first kappa shape index (κ1) is 36.6. The number of hydrogen-bond donors (Lipinski definition) is 0. The van der Waals surface area contributed by atoms with Crippen LogP contribution >= 0.6 is 23.5 Å². The Morgan fingerprint density at radius 3 is 2.14 bits per heavy atom. The van der Waals surface area contributed by atoms with Crippen molar-refractivity contribution in [2.24, 2.45) is 0 Å². The van der Waals surface area contributed by atoms with Gasteiger partial charge in [-0.2, -0.15) is 0 Å². The second-order valence-electron chi connectivity index (χ2n) is 12.5. The second-order valence-corrected chi connectivity index (χ2v) is 15.0. The number of esters is 4. The summed E-state index contributed by atoms with van der Waals surface area (Å²) in [6.45, 7) is 6.19. The maximum Gasteiger partial charge on any atom is 0.303 e. The third-order valence-corrected chi connectivity index (χ3v) is 11.2. The number of carbonyl (C=O) groups excluding carboxylic acids is 4. The number of rotatable bonds is 9. The number of furan rings is 1. The maximum atomic E-state index is 14.2. The minimum Gasteiger partial charge on any atom is -0.463 e. The van der Waals surface area contributed by atoms with Crippen LogP contribution in [-0.4, -0.2) is 75.2 Å². The maximum absolute atomic E-state index is 14.2. The van der Waals surface area contributed by atoms with E-state index in [1.807, 2.05) is 19.1 Å². The van der Waals surface area contributed by atoms with Gasteiger partial charge in [-0.1, -0.05) is 42.8 Å². The summed E-state index contributed by atoms with van der Waals surface area (Å²) >= 11 is 2.66. The summed E-state index contributed by atoms with van der Waals surface area (Å²) in [5.41, 5.74) is 0.140. The molecule has 0 N–H and O–H groups in total. The summed E-state index contributed by atoms with van der Waals surface area (Å²) < 4.78 is 48.7. The molecule has 1 saturated carbocycles. The predicted molar refractivity (Wildman–Crippen MR) is 182 cm³/mol. The minimum atomic E-state index is -1.35. The Labute approximate surface area is 302 Å². The van der Waals surface area contributed by atoms with Crippen molar-refractivity contribution < 1.29 is 51.7 Å². The molecule has 0 bridgehead atoms. The topological polar surface area (TPSA) is 157 Å². The number of benzene rings is 1. The molecule has 0 radical (unpaired) electrons. The van der Waals surface area contributed by atoms with Gasteiger partial charge in [0.25, 0.3) is 0 Å². The molecule has 1 unspecified atom stereocenters. The standard InChI is InChI=1S/C35H38FN3O10S2/c1-18-9-14-25(45-18)27-31-32(39(24-12-10-23(36)11-13-24)35(51-31)15-7-6-8-16-35)38-34(37-27)50-33-30(48-22(5)43)29(47-21(4)42)28(46-20(3)41)26(49-33)17-44-19(2)40/h9-14,26,28-30,33H,6-8,15-17H2,1-5H3/t26-,28-,29+,30-,33?/m1/s1. The summed E-state index contributed by atoms with van der Waals surface area (Å²) in [5.74, 6) is -1.39. The average Bonchev–Trinajstić information content (AvgIpc) is 3.63. The Kier molecular flexibility index (Phi) is 10.9. The molecule has 13 nitrogen and oxygen atoms in total. The van der Waals surface area contributed by atoms with Gasteiger partial charge < -0.3 is 33.0 Å². The highest BCUT2D eigenvalue weighted by molar-refractivity contribution is 8.01. The van der Waals surface area contributed by atoms with Crippen LogP contribution in [0.1, 0.15) is 65.6 Å². The van der Waals surface area contributed by atoms with Crippen LogP contribution in [0.2, 0.25) is 0 Å². The monoisotopic (exact) mass is 743 g/mol. The number of aromatic nitrogens is 2. The lowest BCUT2D eigenvalue weighted by Crippen LogP contribution is -2.61. The first-order valence-electron chi connectivity index (χ1n) is 16.5. The molecule has 51 heavy (non-hydrogen) atoms. The largest absolute Gasteiger partial charge is 0.463 e. The molecule has 0 amide bonds. The molecule has 6 rings (SSSR count). The Hall–Kier alpha value is -4.15. The van der Waals surface area contributed by atoms with Crippen LogP contribution in [0.3, 0.4) is 0 Å². The zero-order valence-corrected chi connectivity index (χ0v) is 30.3. The zero-order valence-electron chi connectivity index (χ0n) is 28.7. The molecule has 4 heterocycles. The van der Waals surface area contributed by atoms with Gasteiger partial charge in [0, 0.05) is 33.4 Å². The van der Waals surface area contributed by atoms with E-state index in [9.17, 15) is 23.6 Å². The van der Waals surface area contributed by atoms with Gasteiger partial charge in [0.1, 0.15) is 30.0 Å². The predicted octanol–water partition coefficient (Wildman–Crippen LogP) is 6.26. The van der Waals surface area contributed by atoms with Crippen LogP contribution in [0, 0.1) is 12.7 Å². The van der Waals surface area contributed by atoms with Crippen LogP contribution in [-0.2, 0) is 42.9 Å². The fraction of sp³-hybridized carbons (Fsp3) is 0.486. The summed E-state index contributed by atoms with van der Waals surface area (Å²) in [6.07, 6.45) is -0.310. The van der Waals surface area contributed by atoms with Crippen LogP contribution in [0.4, 0.5) is 15.9 Å². The molecule has 2 aromatic heterocycles. The third-order valence-electron chi connectivity index (χ3n) is 8.60. The van der Waals surface area contributed by atoms with Crippen molar-refractivity contribution >= 4 is 58.9 Å². The number of hydrogen-bond acceptors (Lipinski definition) is 15. The van der Waals surface area contributed by atoms with E-state index in [0.29, 0.717) is 23.0 Å². The van der Waals surface area contributed by atoms with E-state index in [2.05, 4.69) is 4.90 Å². The lowest BCUT2D eigenvalue weighted by Gasteiger charge is -2.44. The third kappa shape index (κ3) is 8.02. The van der Waals surface area contributed by atoms with Crippen molar-refractivity contribution in [1.29, 1.82) is 0 Å². The second kappa shape index (κ2) is 15.2. The van der Waals surface area contributed by atoms with Crippen molar-refractivity contribution in [2.75, 3.05) is 11.5 Å². The van der Waals surface area contributed by atoms with Crippen LogP contribution in [0.15, 0.2) is 50.9 Å². The van der Waals surface area contributed by atoms with Gasteiger partial charge in [0.2, 0.25) is 0 Å². The molecular weight excluding hydrogens is 706 g/mol. The van der Waals surface area contributed by atoms with Gasteiger partial charge in [-0.25, -0.2) is 14.4 Å². The molecule has 3 aliphatic rings. The lowest BCUT2D eigenvalue weighted by atomic mass is 9.93. The molecule has 1 aromatic carbocycles. The highest BCUT2D eigenvalue weighted by atomic mass is 32.2. The first-order chi connectivity index (χ1) is 24.3. The summed E-state index contributed by atoms with van der Waals surface area (Å²) in [4.78, 5) is 61.4. The van der Waals surface area contributed by atoms with Crippen LogP contribution < -0.4 is 4.90 Å². The van der Waals surface area contributed by atoms with E-state index in [4.69, 9.17) is 38.1 Å². The summed E-state index contributed by atoms with van der Waals surface area (Å²) in [7, 11) is 0. The molecule has 1 aliphatic carbocycles. The number of nitrogens with zero attached hydrogens (tertiary/aromatic N) is 3. The van der Waals surface area contributed by atoms with Gasteiger partial charge >= 0.3 is 23.9 Å². The van der Waals surface area contributed by atoms with Gasteiger partial charge in [0.05, 0.1) is 9.77 Å². The Morgan fingerprint density at radius 1 is 0.882 bits per heavy atom. The molecule has 2 aliphatic heterocycles. The van der Waals surface area contributed by atoms with Gasteiger partial charge in [0.15, 0.2) is 40.5 Å². The molecule has 1 spiro atoms. The van der Waals surface area contributed by atoms with Crippen LogP contribution in [0.25, 0.3) is 11.5 Å². The molecule has 3 aromatic rings. The molecular formula is C35H38FN3O10S2. The normalized spacial score (nSPS) is 23.7. The quantitative estimate of drug-likeness (QED) is 0.137. The Bertz CT molecular complexity index is 1800.